The number of pyridine rings is 1. The molecular formula is C15H20N2O2. The Morgan fingerprint density at radius 3 is 2.84 bits per heavy atom. The predicted octanol–water partition coefficient (Wildman–Crippen LogP) is 2.50. The van der Waals surface area contributed by atoms with Crippen LogP contribution in [-0.2, 0) is 11.3 Å². The number of nitrogens with zero attached hydrogens (tertiary/aromatic N) is 1. The summed E-state index contributed by atoms with van der Waals surface area (Å²) in [6.07, 6.45) is -0.0285. The van der Waals surface area contributed by atoms with Crippen molar-refractivity contribution in [3.63, 3.8) is 0 Å². The minimum Gasteiger partial charge on any atom is -0.472 e. The SMILES string of the molecule is CCOCC(C)Oc1cc(CN)c2ccccc2n1. The van der Waals surface area contributed by atoms with E-state index in [0.717, 1.165) is 16.5 Å². The second-order valence-corrected chi connectivity index (χ2v) is 4.43. The minimum atomic E-state index is -0.0285. The molecule has 2 aromatic rings. The van der Waals surface area contributed by atoms with Crippen LogP contribution in [0.4, 0.5) is 0 Å². The molecule has 0 aliphatic rings. The molecule has 1 heterocycles. The van der Waals surface area contributed by atoms with Gasteiger partial charge >= 0.3 is 0 Å². The first-order chi connectivity index (χ1) is 9.24. The lowest BCUT2D eigenvalue weighted by Crippen LogP contribution is -2.19. The molecule has 2 N–H and O–H groups in total. The molecule has 1 aromatic carbocycles. The molecule has 4 heteroatoms. The quantitative estimate of drug-likeness (QED) is 0.867. The Hall–Kier alpha value is -1.65. The van der Waals surface area contributed by atoms with Crippen LogP contribution in [0.5, 0.6) is 5.88 Å². The molecule has 0 fully saturated rings. The fraction of sp³-hybridized carbons (Fsp3) is 0.400. The first-order valence-corrected chi connectivity index (χ1v) is 6.57. The monoisotopic (exact) mass is 260 g/mol. The van der Waals surface area contributed by atoms with Crippen LogP contribution >= 0.6 is 0 Å². The van der Waals surface area contributed by atoms with Gasteiger partial charge < -0.3 is 15.2 Å². The van der Waals surface area contributed by atoms with Gasteiger partial charge in [-0.05, 0) is 25.5 Å². The van der Waals surface area contributed by atoms with Gasteiger partial charge in [0.15, 0.2) is 0 Å². The average molecular weight is 260 g/mol. The van der Waals surface area contributed by atoms with E-state index in [1.807, 2.05) is 44.2 Å². The molecule has 1 unspecified atom stereocenters. The van der Waals surface area contributed by atoms with Crippen molar-refractivity contribution in [1.82, 2.24) is 4.98 Å². The van der Waals surface area contributed by atoms with Crippen molar-refractivity contribution in [3.05, 3.63) is 35.9 Å². The van der Waals surface area contributed by atoms with Gasteiger partial charge in [0.25, 0.3) is 0 Å². The normalized spacial score (nSPS) is 12.6. The first-order valence-electron chi connectivity index (χ1n) is 6.57. The maximum Gasteiger partial charge on any atom is 0.214 e. The van der Waals surface area contributed by atoms with E-state index < -0.39 is 0 Å². The highest BCUT2D eigenvalue weighted by atomic mass is 16.5. The summed E-state index contributed by atoms with van der Waals surface area (Å²) in [7, 11) is 0. The van der Waals surface area contributed by atoms with Crippen LogP contribution in [0.25, 0.3) is 10.9 Å². The van der Waals surface area contributed by atoms with Crippen LogP contribution in [0.15, 0.2) is 30.3 Å². The number of aromatic nitrogens is 1. The van der Waals surface area contributed by atoms with E-state index >= 15 is 0 Å². The van der Waals surface area contributed by atoms with Crippen LogP contribution in [0, 0.1) is 0 Å². The Labute approximate surface area is 113 Å². The molecule has 0 saturated carbocycles. The molecule has 0 amide bonds. The summed E-state index contributed by atoms with van der Waals surface area (Å²) in [6, 6.07) is 9.85. The molecule has 4 nitrogen and oxygen atoms in total. The number of rotatable bonds is 6. The van der Waals surface area contributed by atoms with Crippen LogP contribution < -0.4 is 10.5 Å². The lowest BCUT2D eigenvalue weighted by molar-refractivity contribution is 0.0635. The minimum absolute atomic E-state index is 0.0285. The van der Waals surface area contributed by atoms with Crippen LogP contribution in [-0.4, -0.2) is 24.3 Å². The number of benzene rings is 1. The number of fused-ring (bicyclic) bond motifs is 1. The summed E-state index contributed by atoms with van der Waals surface area (Å²) in [5, 5.41) is 1.08. The Morgan fingerprint density at radius 2 is 2.11 bits per heavy atom. The van der Waals surface area contributed by atoms with Crippen molar-refractivity contribution in [1.29, 1.82) is 0 Å². The summed E-state index contributed by atoms with van der Waals surface area (Å²) >= 11 is 0. The maximum absolute atomic E-state index is 5.79. The van der Waals surface area contributed by atoms with Gasteiger partial charge in [-0.2, -0.15) is 0 Å². The first kappa shape index (κ1) is 13.8. The lowest BCUT2D eigenvalue weighted by Gasteiger charge is -2.15. The van der Waals surface area contributed by atoms with Crippen LogP contribution in [0.3, 0.4) is 0 Å². The summed E-state index contributed by atoms with van der Waals surface area (Å²) < 4.78 is 11.1. The molecular weight excluding hydrogens is 240 g/mol. The molecule has 0 radical (unpaired) electrons. The van der Waals surface area contributed by atoms with Crippen molar-refractivity contribution >= 4 is 10.9 Å². The fourth-order valence-electron chi connectivity index (χ4n) is 1.97. The van der Waals surface area contributed by atoms with Crippen LogP contribution in [0.1, 0.15) is 19.4 Å². The Morgan fingerprint density at radius 1 is 1.32 bits per heavy atom. The largest absolute Gasteiger partial charge is 0.472 e. The van der Waals surface area contributed by atoms with E-state index in [0.29, 0.717) is 25.6 Å². The molecule has 1 atom stereocenters. The van der Waals surface area contributed by atoms with Crippen molar-refractivity contribution in [2.75, 3.05) is 13.2 Å². The Bertz CT molecular complexity index is 543. The fourth-order valence-corrected chi connectivity index (χ4v) is 1.97. The van der Waals surface area contributed by atoms with E-state index in [4.69, 9.17) is 15.2 Å². The van der Waals surface area contributed by atoms with Crippen molar-refractivity contribution in [2.45, 2.75) is 26.5 Å². The number of hydrogen-bond donors (Lipinski definition) is 1. The molecule has 2 rings (SSSR count). The zero-order valence-electron chi connectivity index (χ0n) is 11.4. The zero-order chi connectivity index (χ0) is 13.7. The highest BCUT2D eigenvalue weighted by molar-refractivity contribution is 5.82. The van der Waals surface area contributed by atoms with E-state index in [1.54, 1.807) is 0 Å². The molecule has 19 heavy (non-hydrogen) atoms. The smallest absolute Gasteiger partial charge is 0.214 e. The van der Waals surface area contributed by atoms with Gasteiger partial charge in [0.05, 0.1) is 12.1 Å². The number of nitrogens with two attached hydrogens (primary N) is 1. The third-order valence-corrected chi connectivity index (χ3v) is 2.88. The van der Waals surface area contributed by atoms with Gasteiger partial charge in [-0.15, -0.1) is 0 Å². The molecule has 102 valence electrons. The molecule has 0 bridgehead atoms. The predicted molar refractivity (Wildman–Crippen MR) is 76.2 cm³/mol. The third kappa shape index (κ3) is 3.43. The highest BCUT2D eigenvalue weighted by Crippen LogP contribution is 2.22. The lowest BCUT2D eigenvalue weighted by atomic mass is 10.1. The van der Waals surface area contributed by atoms with Crippen molar-refractivity contribution in [2.24, 2.45) is 5.73 Å². The molecule has 0 aliphatic heterocycles. The van der Waals surface area contributed by atoms with Gasteiger partial charge in [-0.3, -0.25) is 0 Å². The third-order valence-electron chi connectivity index (χ3n) is 2.88. The van der Waals surface area contributed by atoms with E-state index in [2.05, 4.69) is 4.98 Å². The average Bonchev–Trinajstić information content (AvgIpc) is 2.44. The number of para-hydroxylation sites is 1. The maximum atomic E-state index is 5.79. The van der Waals surface area contributed by atoms with Crippen LogP contribution in [0.2, 0.25) is 0 Å². The van der Waals surface area contributed by atoms with Crippen molar-refractivity contribution < 1.29 is 9.47 Å². The molecule has 0 saturated heterocycles. The standard InChI is InChI=1S/C15H20N2O2/c1-3-18-10-11(2)19-15-8-12(9-16)13-6-4-5-7-14(13)17-15/h4-8,11H,3,9-10,16H2,1-2H3. The second kappa shape index (κ2) is 6.50. The summed E-state index contributed by atoms with van der Waals surface area (Å²) in [4.78, 5) is 4.50. The molecule has 1 aromatic heterocycles. The summed E-state index contributed by atoms with van der Waals surface area (Å²) in [5.74, 6) is 0.603. The van der Waals surface area contributed by atoms with Crippen molar-refractivity contribution in [3.8, 4) is 5.88 Å². The second-order valence-electron chi connectivity index (χ2n) is 4.43. The van der Waals surface area contributed by atoms with E-state index in [1.165, 1.54) is 0 Å². The van der Waals surface area contributed by atoms with Gasteiger partial charge in [-0.25, -0.2) is 4.98 Å². The molecule has 0 aliphatic carbocycles. The topological polar surface area (TPSA) is 57.4 Å². The summed E-state index contributed by atoms with van der Waals surface area (Å²) in [5.41, 5.74) is 7.74. The van der Waals surface area contributed by atoms with E-state index in [9.17, 15) is 0 Å². The van der Waals surface area contributed by atoms with Gasteiger partial charge in [0.2, 0.25) is 5.88 Å². The van der Waals surface area contributed by atoms with Gasteiger partial charge in [-0.1, -0.05) is 18.2 Å². The van der Waals surface area contributed by atoms with Gasteiger partial charge in [0.1, 0.15) is 6.10 Å². The highest BCUT2D eigenvalue weighted by Gasteiger charge is 2.09. The Kier molecular flexibility index (Phi) is 4.71. The number of ether oxygens (including phenoxy) is 2. The van der Waals surface area contributed by atoms with Gasteiger partial charge in [0, 0.05) is 24.6 Å². The molecule has 0 spiro atoms. The number of hydrogen-bond acceptors (Lipinski definition) is 4. The van der Waals surface area contributed by atoms with E-state index in [-0.39, 0.29) is 6.10 Å². The zero-order valence-corrected chi connectivity index (χ0v) is 11.4. The Balaban J connectivity index is 2.24. The summed E-state index contributed by atoms with van der Waals surface area (Å²) in [6.45, 7) is 5.65.